The zero-order valence-corrected chi connectivity index (χ0v) is 8.56. The quantitative estimate of drug-likeness (QED) is 0.808. The highest BCUT2D eigenvalue weighted by Crippen LogP contribution is 2.30. The molecule has 0 bridgehead atoms. The molecule has 16 heavy (non-hydrogen) atoms. The molecule has 0 saturated heterocycles. The lowest BCUT2D eigenvalue weighted by molar-refractivity contribution is -0.137. The first kappa shape index (κ1) is 12.4. The Balaban J connectivity index is 2.79. The number of hydrogen-bond donors (Lipinski definition) is 2. The average Bonchev–Trinajstić information content (AvgIpc) is 2.17. The number of carbonyl (C=O) groups excluding carboxylic acids is 1. The van der Waals surface area contributed by atoms with Gasteiger partial charge in [-0.25, -0.2) is 4.79 Å². The van der Waals surface area contributed by atoms with Gasteiger partial charge in [0.15, 0.2) is 0 Å². The van der Waals surface area contributed by atoms with Crippen molar-refractivity contribution in [3.63, 3.8) is 0 Å². The molecule has 0 aliphatic rings. The summed E-state index contributed by atoms with van der Waals surface area (Å²) in [6, 6.07) is 3.94. The summed E-state index contributed by atoms with van der Waals surface area (Å²) in [5, 5.41) is 4.73. The van der Waals surface area contributed by atoms with Gasteiger partial charge in [-0.15, -0.1) is 0 Å². The molecule has 88 valence electrons. The van der Waals surface area contributed by atoms with E-state index in [1.165, 1.54) is 12.1 Å². The minimum atomic E-state index is -4.40. The van der Waals surface area contributed by atoms with Gasteiger partial charge < -0.3 is 10.6 Å². The molecule has 0 aliphatic carbocycles. The number of alkyl halides is 3. The average molecular weight is 232 g/mol. The van der Waals surface area contributed by atoms with E-state index in [9.17, 15) is 18.0 Å². The van der Waals surface area contributed by atoms with Gasteiger partial charge in [-0.3, -0.25) is 0 Å². The molecule has 2 N–H and O–H groups in total. The van der Waals surface area contributed by atoms with Gasteiger partial charge >= 0.3 is 12.2 Å². The van der Waals surface area contributed by atoms with Gasteiger partial charge in [0.1, 0.15) is 0 Å². The van der Waals surface area contributed by atoms with Crippen molar-refractivity contribution >= 4 is 11.7 Å². The van der Waals surface area contributed by atoms with Crippen LogP contribution in [-0.4, -0.2) is 12.6 Å². The molecule has 0 aromatic heterocycles. The fourth-order valence-corrected chi connectivity index (χ4v) is 1.11. The van der Waals surface area contributed by atoms with Crippen molar-refractivity contribution in [2.75, 3.05) is 11.9 Å². The summed E-state index contributed by atoms with van der Waals surface area (Å²) in [6.45, 7) is 2.12. The van der Waals surface area contributed by atoms with Crippen molar-refractivity contribution < 1.29 is 18.0 Å². The van der Waals surface area contributed by atoms with E-state index in [-0.39, 0.29) is 5.69 Å². The maximum atomic E-state index is 12.3. The Labute approximate surface area is 90.6 Å². The number of nitrogens with one attached hydrogen (secondary N) is 2. The lowest BCUT2D eigenvalue weighted by Crippen LogP contribution is -2.28. The second-order valence-electron chi connectivity index (χ2n) is 3.06. The topological polar surface area (TPSA) is 41.1 Å². The molecule has 0 radical (unpaired) electrons. The summed E-state index contributed by atoms with van der Waals surface area (Å²) < 4.78 is 37.0. The number of anilines is 1. The summed E-state index contributed by atoms with van der Waals surface area (Å²) in [5.41, 5.74) is -0.678. The molecule has 0 saturated carbocycles. The van der Waals surface area contributed by atoms with E-state index >= 15 is 0 Å². The molecule has 0 heterocycles. The van der Waals surface area contributed by atoms with Crippen molar-refractivity contribution in [2.45, 2.75) is 13.1 Å². The number of urea groups is 1. The van der Waals surface area contributed by atoms with Crippen molar-refractivity contribution in [1.29, 1.82) is 0 Å². The van der Waals surface area contributed by atoms with Crippen LogP contribution in [0.3, 0.4) is 0 Å². The Hall–Kier alpha value is -1.72. The van der Waals surface area contributed by atoms with Crippen LogP contribution in [0.15, 0.2) is 24.3 Å². The monoisotopic (exact) mass is 232 g/mol. The highest BCUT2D eigenvalue weighted by Gasteiger charge is 2.30. The van der Waals surface area contributed by atoms with E-state index < -0.39 is 17.8 Å². The van der Waals surface area contributed by atoms with Gasteiger partial charge in [-0.05, 0) is 25.1 Å². The third-order valence-electron chi connectivity index (χ3n) is 1.79. The minimum Gasteiger partial charge on any atom is -0.338 e. The summed E-state index contributed by atoms with van der Waals surface area (Å²) in [6.07, 6.45) is -4.40. The third kappa shape index (κ3) is 3.45. The number of benzene rings is 1. The number of amides is 2. The standard InChI is InChI=1S/C10H11F3N2O/c1-2-14-9(16)15-8-5-3-4-7(6-8)10(11,12)13/h3-6H,2H2,1H3,(H2,14,15,16). The van der Waals surface area contributed by atoms with Gasteiger partial charge in [0.05, 0.1) is 5.56 Å². The fourth-order valence-electron chi connectivity index (χ4n) is 1.11. The highest BCUT2D eigenvalue weighted by atomic mass is 19.4. The van der Waals surface area contributed by atoms with Crippen LogP contribution < -0.4 is 10.6 Å². The first-order chi connectivity index (χ1) is 7.43. The largest absolute Gasteiger partial charge is 0.416 e. The van der Waals surface area contributed by atoms with Crippen LogP contribution in [0.25, 0.3) is 0 Å². The second-order valence-corrected chi connectivity index (χ2v) is 3.06. The normalized spacial score (nSPS) is 11.0. The molecule has 0 atom stereocenters. The van der Waals surface area contributed by atoms with Crippen LogP contribution in [-0.2, 0) is 6.18 Å². The Morgan fingerprint density at radius 3 is 2.62 bits per heavy atom. The van der Waals surface area contributed by atoms with E-state index in [1.54, 1.807) is 6.92 Å². The summed E-state index contributed by atoms with van der Waals surface area (Å²) in [7, 11) is 0. The summed E-state index contributed by atoms with van der Waals surface area (Å²) in [4.78, 5) is 11.1. The molecule has 1 rings (SSSR count). The maximum Gasteiger partial charge on any atom is 0.416 e. The SMILES string of the molecule is CCNC(=O)Nc1cccc(C(F)(F)F)c1. The molecule has 0 fully saturated rings. The van der Waals surface area contributed by atoms with Crippen LogP contribution >= 0.6 is 0 Å². The summed E-state index contributed by atoms with van der Waals surface area (Å²) >= 11 is 0. The zero-order chi connectivity index (χ0) is 12.2. The molecule has 3 nitrogen and oxygen atoms in total. The Bertz CT molecular complexity index is 377. The zero-order valence-electron chi connectivity index (χ0n) is 8.56. The predicted molar refractivity (Wildman–Crippen MR) is 54.1 cm³/mol. The van der Waals surface area contributed by atoms with Gasteiger partial charge in [0.25, 0.3) is 0 Å². The lowest BCUT2D eigenvalue weighted by atomic mass is 10.2. The van der Waals surface area contributed by atoms with Crippen LogP contribution in [0.4, 0.5) is 23.7 Å². The van der Waals surface area contributed by atoms with Crippen molar-refractivity contribution in [3.05, 3.63) is 29.8 Å². The first-order valence-electron chi connectivity index (χ1n) is 4.65. The van der Waals surface area contributed by atoms with Crippen molar-refractivity contribution in [1.82, 2.24) is 5.32 Å². The molecule has 0 unspecified atom stereocenters. The van der Waals surface area contributed by atoms with Gasteiger partial charge in [-0.2, -0.15) is 13.2 Å². The number of carbonyl (C=O) groups is 1. The van der Waals surface area contributed by atoms with Gasteiger partial charge in [-0.1, -0.05) is 6.07 Å². The minimum absolute atomic E-state index is 0.112. The highest BCUT2D eigenvalue weighted by molar-refractivity contribution is 5.89. The molecule has 6 heteroatoms. The van der Waals surface area contributed by atoms with Crippen LogP contribution in [0, 0.1) is 0 Å². The Morgan fingerprint density at radius 1 is 1.38 bits per heavy atom. The lowest BCUT2D eigenvalue weighted by Gasteiger charge is -2.09. The summed E-state index contributed by atoms with van der Waals surface area (Å²) in [5.74, 6) is 0. The smallest absolute Gasteiger partial charge is 0.338 e. The van der Waals surface area contributed by atoms with E-state index in [2.05, 4.69) is 10.6 Å². The predicted octanol–water partition coefficient (Wildman–Crippen LogP) is 2.85. The molecule has 2 amide bonds. The third-order valence-corrected chi connectivity index (χ3v) is 1.79. The van der Waals surface area contributed by atoms with Crippen LogP contribution in [0.2, 0.25) is 0 Å². The van der Waals surface area contributed by atoms with Crippen molar-refractivity contribution in [2.24, 2.45) is 0 Å². The molecule has 1 aromatic rings. The Morgan fingerprint density at radius 2 is 2.06 bits per heavy atom. The van der Waals surface area contributed by atoms with Crippen molar-refractivity contribution in [3.8, 4) is 0 Å². The molecule has 0 aliphatic heterocycles. The number of rotatable bonds is 2. The first-order valence-corrected chi connectivity index (χ1v) is 4.65. The van der Waals surface area contributed by atoms with Crippen LogP contribution in [0.5, 0.6) is 0 Å². The second kappa shape index (κ2) is 4.87. The Kier molecular flexibility index (Phi) is 3.76. The van der Waals surface area contributed by atoms with Crippen LogP contribution in [0.1, 0.15) is 12.5 Å². The van der Waals surface area contributed by atoms with Gasteiger partial charge in [0, 0.05) is 12.2 Å². The fraction of sp³-hybridized carbons (Fsp3) is 0.300. The number of halogens is 3. The number of hydrogen-bond acceptors (Lipinski definition) is 1. The molecule has 1 aromatic carbocycles. The van der Waals surface area contributed by atoms with E-state index in [1.807, 2.05) is 0 Å². The van der Waals surface area contributed by atoms with E-state index in [4.69, 9.17) is 0 Å². The van der Waals surface area contributed by atoms with E-state index in [0.29, 0.717) is 6.54 Å². The molecule has 0 spiro atoms. The molecular formula is C10H11F3N2O. The van der Waals surface area contributed by atoms with E-state index in [0.717, 1.165) is 12.1 Å². The van der Waals surface area contributed by atoms with Gasteiger partial charge in [0.2, 0.25) is 0 Å². The molecular weight excluding hydrogens is 221 g/mol. The maximum absolute atomic E-state index is 12.3.